The van der Waals surface area contributed by atoms with Crippen LogP contribution in [0.4, 0.5) is 0 Å². The fourth-order valence-electron chi connectivity index (χ4n) is 4.07. The Balaban J connectivity index is 1.68. The summed E-state index contributed by atoms with van der Waals surface area (Å²) in [6.07, 6.45) is 0. The van der Waals surface area contributed by atoms with E-state index in [0.717, 1.165) is 38.9 Å². The maximum atomic E-state index is 9.91. The second-order valence-corrected chi connectivity index (χ2v) is 7.31. The van der Waals surface area contributed by atoms with E-state index in [-0.39, 0.29) is 5.88 Å². The van der Waals surface area contributed by atoms with Gasteiger partial charge in [0.05, 0.1) is 23.8 Å². The molecule has 0 fully saturated rings. The zero-order valence-electron chi connectivity index (χ0n) is 16.9. The molecule has 0 saturated heterocycles. The molecule has 3 N–H and O–H groups in total. The molecule has 31 heavy (non-hydrogen) atoms. The predicted molar refractivity (Wildman–Crippen MR) is 118 cm³/mol. The first-order chi connectivity index (χ1) is 15.2. The SMILES string of the molecule is CCOc1ccc(-c2[nH]nc3c2[C@H](c2ccc4ccccc4c2)C(C#N)=C(N)O3)cc1. The molecule has 4 aromatic rings. The average Bonchev–Trinajstić information content (AvgIpc) is 3.22. The molecule has 0 unspecified atom stereocenters. The molecule has 1 aliphatic rings. The Labute approximate surface area is 179 Å². The first-order valence-electron chi connectivity index (χ1n) is 10.1. The molecule has 0 saturated carbocycles. The van der Waals surface area contributed by atoms with Crippen LogP contribution in [0, 0.1) is 11.3 Å². The van der Waals surface area contributed by atoms with E-state index in [1.54, 1.807) is 0 Å². The standard InChI is InChI=1S/C25H20N4O2/c1-2-30-19-11-9-16(10-12-19)23-22-21(20(14-26)24(27)31-25(22)29-28-23)18-8-7-15-5-3-4-6-17(15)13-18/h3-13,21H,2,27H2,1H3,(H,28,29)/t21-/m1/s1. The summed E-state index contributed by atoms with van der Waals surface area (Å²) in [5.41, 5.74) is 9.94. The van der Waals surface area contributed by atoms with Gasteiger partial charge in [0.1, 0.15) is 17.4 Å². The Morgan fingerprint density at radius 3 is 2.61 bits per heavy atom. The minimum Gasteiger partial charge on any atom is -0.494 e. The summed E-state index contributed by atoms with van der Waals surface area (Å²) in [6.45, 7) is 2.55. The number of rotatable bonds is 4. The first-order valence-corrected chi connectivity index (χ1v) is 10.1. The molecular weight excluding hydrogens is 388 g/mol. The molecular formula is C25H20N4O2. The van der Waals surface area contributed by atoms with Crippen molar-refractivity contribution in [2.45, 2.75) is 12.8 Å². The Morgan fingerprint density at radius 2 is 1.87 bits per heavy atom. The van der Waals surface area contributed by atoms with Crippen LogP contribution in [0.5, 0.6) is 11.6 Å². The smallest absolute Gasteiger partial charge is 0.244 e. The van der Waals surface area contributed by atoms with E-state index in [1.165, 1.54) is 0 Å². The number of fused-ring (bicyclic) bond motifs is 2. The molecule has 1 aromatic heterocycles. The van der Waals surface area contributed by atoms with Gasteiger partial charge in [0.25, 0.3) is 0 Å². The topological polar surface area (TPSA) is 97.0 Å². The van der Waals surface area contributed by atoms with Crippen LogP contribution in [-0.2, 0) is 0 Å². The number of nitrogens with two attached hydrogens (primary N) is 1. The van der Waals surface area contributed by atoms with Gasteiger partial charge in [-0.05, 0) is 47.5 Å². The van der Waals surface area contributed by atoms with Gasteiger partial charge in [0, 0.05) is 5.56 Å². The molecule has 0 aliphatic carbocycles. The van der Waals surface area contributed by atoms with Crippen LogP contribution in [0.25, 0.3) is 22.0 Å². The molecule has 5 rings (SSSR count). The first kappa shape index (κ1) is 18.8. The van der Waals surface area contributed by atoms with Gasteiger partial charge in [-0.15, -0.1) is 5.10 Å². The highest BCUT2D eigenvalue weighted by atomic mass is 16.5. The average molecular weight is 408 g/mol. The highest BCUT2D eigenvalue weighted by Crippen LogP contribution is 2.46. The Morgan fingerprint density at radius 1 is 1.10 bits per heavy atom. The summed E-state index contributed by atoms with van der Waals surface area (Å²) in [7, 11) is 0. The van der Waals surface area contributed by atoms with Crippen LogP contribution in [-0.4, -0.2) is 16.8 Å². The lowest BCUT2D eigenvalue weighted by Crippen LogP contribution is -2.21. The van der Waals surface area contributed by atoms with Crippen LogP contribution >= 0.6 is 0 Å². The highest BCUT2D eigenvalue weighted by Gasteiger charge is 2.35. The van der Waals surface area contributed by atoms with E-state index >= 15 is 0 Å². The number of ether oxygens (including phenoxy) is 2. The van der Waals surface area contributed by atoms with Gasteiger partial charge >= 0.3 is 0 Å². The summed E-state index contributed by atoms with van der Waals surface area (Å²) < 4.78 is 11.3. The van der Waals surface area contributed by atoms with E-state index < -0.39 is 5.92 Å². The van der Waals surface area contributed by atoms with Crippen molar-refractivity contribution >= 4 is 10.8 Å². The number of hydrogen-bond donors (Lipinski definition) is 2. The Kier molecular flexibility index (Phi) is 4.57. The number of allylic oxidation sites excluding steroid dienone is 1. The third-order valence-corrected chi connectivity index (χ3v) is 5.50. The van der Waals surface area contributed by atoms with Crippen molar-refractivity contribution in [3.8, 4) is 29.0 Å². The summed E-state index contributed by atoms with van der Waals surface area (Å²) >= 11 is 0. The van der Waals surface area contributed by atoms with Crippen LogP contribution in [0.3, 0.4) is 0 Å². The monoisotopic (exact) mass is 408 g/mol. The van der Waals surface area contributed by atoms with Gasteiger partial charge in [0.2, 0.25) is 11.8 Å². The van der Waals surface area contributed by atoms with Crippen LogP contribution in [0.15, 0.2) is 78.2 Å². The number of aromatic amines is 1. The molecule has 0 bridgehead atoms. The van der Waals surface area contributed by atoms with Crippen molar-refractivity contribution in [3.63, 3.8) is 0 Å². The molecule has 6 heteroatoms. The second kappa shape index (κ2) is 7.54. The molecule has 152 valence electrons. The molecule has 0 radical (unpaired) electrons. The number of nitrogens with zero attached hydrogens (tertiary/aromatic N) is 2. The van der Waals surface area contributed by atoms with Crippen LogP contribution in [0.1, 0.15) is 24.0 Å². The fourth-order valence-corrected chi connectivity index (χ4v) is 4.07. The number of nitriles is 1. The number of benzene rings is 3. The fraction of sp³-hybridized carbons (Fsp3) is 0.120. The molecule has 3 aromatic carbocycles. The van der Waals surface area contributed by atoms with Crippen molar-refractivity contribution < 1.29 is 9.47 Å². The largest absolute Gasteiger partial charge is 0.494 e. The Hall–Kier alpha value is -4.24. The summed E-state index contributed by atoms with van der Waals surface area (Å²) in [5, 5.41) is 19.6. The van der Waals surface area contributed by atoms with Gasteiger partial charge in [-0.2, -0.15) is 5.26 Å². The lowest BCUT2D eigenvalue weighted by molar-refractivity contribution is 0.340. The minimum absolute atomic E-state index is 0.0814. The van der Waals surface area contributed by atoms with E-state index in [2.05, 4.69) is 40.5 Å². The predicted octanol–water partition coefficient (Wildman–Crippen LogP) is 4.85. The number of nitrogens with one attached hydrogen (secondary N) is 1. The van der Waals surface area contributed by atoms with E-state index in [1.807, 2.05) is 49.4 Å². The van der Waals surface area contributed by atoms with Crippen molar-refractivity contribution in [1.29, 1.82) is 5.26 Å². The lowest BCUT2D eigenvalue weighted by Gasteiger charge is -2.24. The lowest BCUT2D eigenvalue weighted by atomic mass is 9.82. The van der Waals surface area contributed by atoms with Gasteiger partial charge in [-0.1, -0.05) is 42.5 Å². The molecule has 2 heterocycles. The van der Waals surface area contributed by atoms with Crippen molar-refractivity contribution in [1.82, 2.24) is 10.2 Å². The quantitative estimate of drug-likeness (QED) is 0.503. The van der Waals surface area contributed by atoms with Crippen LogP contribution in [0.2, 0.25) is 0 Å². The summed E-state index contributed by atoms with van der Waals surface area (Å²) in [5.74, 6) is 0.874. The van der Waals surface area contributed by atoms with E-state index in [9.17, 15) is 5.26 Å². The molecule has 1 atom stereocenters. The van der Waals surface area contributed by atoms with Gasteiger partial charge < -0.3 is 15.2 Å². The minimum atomic E-state index is -0.390. The van der Waals surface area contributed by atoms with Crippen LogP contribution < -0.4 is 15.2 Å². The molecule has 0 amide bonds. The van der Waals surface area contributed by atoms with E-state index in [4.69, 9.17) is 15.2 Å². The number of aromatic nitrogens is 2. The number of H-pyrrole nitrogens is 1. The van der Waals surface area contributed by atoms with E-state index in [0.29, 0.717) is 18.1 Å². The van der Waals surface area contributed by atoms with Crippen molar-refractivity contribution in [2.75, 3.05) is 6.61 Å². The second-order valence-electron chi connectivity index (χ2n) is 7.31. The third-order valence-electron chi connectivity index (χ3n) is 5.50. The Bertz CT molecular complexity index is 1350. The van der Waals surface area contributed by atoms with Crippen molar-refractivity contribution in [2.24, 2.45) is 5.73 Å². The molecule has 1 aliphatic heterocycles. The molecule has 0 spiro atoms. The third kappa shape index (κ3) is 3.17. The highest BCUT2D eigenvalue weighted by molar-refractivity contribution is 5.84. The van der Waals surface area contributed by atoms with Gasteiger partial charge in [-0.3, -0.25) is 5.10 Å². The van der Waals surface area contributed by atoms with Gasteiger partial charge in [-0.25, -0.2) is 0 Å². The maximum Gasteiger partial charge on any atom is 0.244 e. The van der Waals surface area contributed by atoms with Crippen molar-refractivity contribution in [3.05, 3.63) is 89.3 Å². The zero-order chi connectivity index (χ0) is 21.4. The summed E-state index contributed by atoms with van der Waals surface area (Å²) in [6, 6.07) is 24.3. The van der Waals surface area contributed by atoms with Gasteiger partial charge in [0.15, 0.2) is 0 Å². The number of hydrogen-bond acceptors (Lipinski definition) is 5. The normalized spacial score (nSPS) is 15.3. The molecule has 6 nitrogen and oxygen atoms in total. The summed E-state index contributed by atoms with van der Waals surface area (Å²) in [4.78, 5) is 0. The maximum absolute atomic E-state index is 9.91. The zero-order valence-corrected chi connectivity index (χ0v) is 16.9.